The summed E-state index contributed by atoms with van der Waals surface area (Å²) in [6.45, 7) is 4.82. The second-order valence-electron chi connectivity index (χ2n) is 4.15. The Labute approximate surface area is 123 Å². The zero-order chi connectivity index (χ0) is 14.0. The molecule has 0 saturated heterocycles. The number of nitrogens with zero attached hydrogens (tertiary/aromatic N) is 2. The lowest BCUT2D eigenvalue weighted by Gasteiger charge is -2.05. The molecule has 1 heterocycles. The van der Waals surface area contributed by atoms with Crippen LogP contribution >= 0.6 is 11.3 Å². The van der Waals surface area contributed by atoms with Crippen LogP contribution in [0.15, 0.2) is 30.3 Å². The monoisotopic (exact) mass is 293 g/mol. The van der Waals surface area contributed by atoms with Crippen LogP contribution in [0.25, 0.3) is 0 Å². The van der Waals surface area contributed by atoms with Crippen molar-refractivity contribution >= 4 is 11.3 Å². The fourth-order valence-electron chi connectivity index (χ4n) is 1.55. The average Bonchev–Trinajstić information content (AvgIpc) is 2.93. The van der Waals surface area contributed by atoms with E-state index in [4.69, 9.17) is 9.47 Å². The SMILES string of the molecule is CCCNCc1nnc(OCCOc2ccccc2)s1. The highest BCUT2D eigenvalue weighted by Gasteiger charge is 2.04. The number of ether oxygens (including phenoxy) is 2. The van der Waals surface area contributed by atoms with Crippen molar-refractivity contribution in [2.45, 2.75) is 19.9 Å². The summed E-state index contributed by atoms with van der Waals surface area (Å²) < 4.78 is 11.0. The Morgan fingerprint density at radius 3 is 2.70 bits per heavy atom. The van der Waals surface area contributed by atoms with E-state index in [0.717, 1.165) is 30.3 Å². The van der Waals surface area contributed by atoms with Gasteiger partial charge in [-0.05, 0) is 25.1 Å². The van der Waals surface area contributed by atoms with E-state index in [1.807, 2.05) is 30.3 Å². The average molecular weight is 293 g/mol. The molecule has 0 radical (unpaired) electrons. The molecule has 1 N–H and O–H groups in total. The van der Waals surface area contributed by atoms with Crippen LogP contribution in [0.4, 0.5) is 0 Å². The van der Waals surface area contributed by atoms with Gasteiger partial charge in [0.1, 0.15) is 24.0 Å². The number of rotatable bonds is 9. The van der Waals surface area contributed by atoms with Gasteiger partial charge in [0.25, 0.3) is 5.19 Å². The van der Waals surface area contributed by atoms with Crippen LogP contribution in [-0.4, -0.2) is 30.0 Å². The van der Waals surface area contributed by atoms with Crippen LogP contribution < -0.4 is 14.8 Å². The molecule has 0 unspecified atom stereocenters. The summed E-state index contributed by atoms with van der Waals surface area (Å²) in [7, 11) is 0. The Kier molecular flexibility index (Phi) is 6.26. The molecule has 0 aliphatic carbocycles. The van der Waals surface area contributed by atoms with Gasteiger partial charge in [0.15, 0.2) is 0 Å². The molecule has 0 spiro atoms. The van der Waals surface area contributed by atoms with E-state index in [1.54, 1.807) is 0 Å². The molecule has 0 atom stereocenters. The summed E-state index contributed by atoms with van der Waals surface area (Å²) in [5.74, 6) is 0.845. The molecule has 0 fully saturated rings. The minimum Gasteiger partial charge on any atom is -0.490 e. The Hall–Kier alpha value is -1.66. The third-order valence-corrected chi connectivity index (χ3v) is 3.31. The molecule has 1 aromatic heterocycles. The van der Waals surface area contributed by atoms with Gasteiger partial charge < -0.3 is 14.8 Å². The molecule has 1 aromatic carbocycles. The first-order valence-electron chi connectivity index (χ1n) is 6.72. The Morgan fingerprint density at radius 2 is 1.90 bits per heavy atom. The Bertz CT molecular complexity index is 490. The van der Waals surface area contributed by atoms with Gasteiger partial charge in [-0.25, -0.2) is 0 Å². The molecule has 0 aliphatic rings. The number of para-hydroxylation sites is 1. The summed E-state index contributed by atoms with van der Waals surface area (Å²) in [4.78, 5) is 0. The highest BCUT2D eigenvalue weighted by molar-refractivity contribution is 7.13. The molecule has 6 heteroatoms. The van der Waals surface area contributed by atoms with E-state index in [1.165, 1.54) is 11.3 Å². The lowest BCUT2D eigenvalue weighted by atomic mass is 10.3. The predicted octanol–water partition coefficient (Wildman–Crippen LogP) is 2.50. The topological polar surface area (TPSA) is 56.3 Å². The number of nitrogens with one attached hydrogen (secondary N) is 1. The molecule has 20 heavy (non-hydrogen) atoms. The Balaban J connectivity index is 1.64. The first kappa shape index (κ1) is 14.7. The van der Waals surface area contributed by atoms with E-state index in [0.29, 0.717) is 18.4 Å². The lowest BCUT2D eigenvalue weighted by Crippen LogP contribution is -2.13. The van der Waals surface area contributed by atoms with Gasteiger partial charge in [0.2, 0.25) is 0 Å². The third-order valence-electron chi connectivity index (χ3n) is 2.47. The maximum absolute atomic E-state index is 5.53. The minimum absolute atomic E-state index is 0.464. The van der Waals surface area contributed by atoms with Crippen LogP contribution in [0.2, 0.25) is 0 Å². The maximum Gasteiger partial charge on any atom is 0.294 e. The fraction of sp³-hybridized carbons (Fsp3) is 0.429. The largest absolute Gasteiger partial charge is 0.490 e. The first-order valence-corrected chi connectivity index (χ1v) is 7.54. The van der Waals surface area contributed by atoms with Crippen molar-refractivity contribution < 1.29 is 9.47 Å². The summed E-state index contributed by atoms with van der Waals surface area (Å²) in [6.07, 6.45) is 1.11. The Morgan fingerprint density at radius 1 is 1.10 bits per heavy atom. The molecular weight excluding hydrogens is 274 g/mol. The second kappa shape index (κ2) is 8.50. The van der Waals surface area contributed by atoms with Gasteiger partial charge in [0.05, 0.1) is 0 Å². The maximum atomic E-state index is 5.53. The first-order chi connectivity index (χ1) is 9.88. The normalized spacial score (nSPS) is 10.4. The quantitative estimate of drug-likeness (QED) is 0.720. The summed E-state index contributed by atoms with van der Waals surface area (Å²) >= 11 is 1.47. The van der Waals surface area contributed by atoms with Crippen molar-refractivity contribution in [3.8, 4) is 10.9 Å². The third kappa shape index (κ3) is 5.14. The summed E-state index contributed by atoms with van der Waals surface area (Å²) in [6, 6.07) is 9.68. The van der Waals surface area contributed by atoms with Crippen LogP contribution in [0.5, 0.6) is 10.9 Å². The molecule has 2 rings (SSSR count). The van der Waals surface area contributed by atoms with E-state index >= 15 is 0 Å². The van der Waals surface area contributed by atoms with Gasteiger partial charge in [-0.2, -0.15) is 0 Å². The van der Waals surface area contributed by atoms with Crippen LogP contribution in [0.1, 0.15) is 18.4 Å². The van der Waals surface area contributed by atoms with E-state index in [2.05, 4.69) is 22.4 Å². The minimum atomic E-state index is 0.464. The van der Waals surface area contributed by atoms with E-state index in [9.17, 15) is 0 Å². The number of aromatic nitrogens is 2. The molecule has 0 bridgehead atoms. The van der Waals surface area contributed by atoms with Crippen molar-refractivity contribution in [1.82, 2.24) is 15.5 Å². The van der Waals surface area contributed by atoms with Crippen molar-refractivity contribution in [2.75, 3.05) is 19.8 Å². The number of hydrogen-bond acceptors (Lipinski definition) is 6. The molecular formula is C14H19N3O2S. The zero-order valence-corrected chi connectivity index (χ0v) is 12.4. The van der Waals surface area contributed by atoms with Crippen molar-refractivity contribution in [3.05, 3.63) is 35.3 Å². The molecule has 0 saturated carbocycles. The summed E-state index contributed by atoms with van der Waals surface area (Å²) in [5.41, 5.74) is 0. The van der Waals surface area contributed by atoms with Crippen molar-refractivity contribution in [3.63, 3.8) is 0 Å². The van der Waals surface area contributed by atoms with Crippen molar-refractivity contribution in [1.29, 1.82) is 0 Å². The molecule has 0 aliphatic heterocycles. The molecule has 0 amide bonds. The van der Waals surface area contributed by atoms with Gasteiger partial charge in [-0.3, -0.25) is 0 Å². The van der Waals surface area contributed by atoms with Gasteiger partial charge >= 0.3 is 0 Å². The second-order valence-corrected chi connectivity index (χ2v) is 5.17. The zero-order valence-electron chi connectivity index (χ0n) is 11.5. The highest BCUT2D eigenvalue weighted by atomic mass is 32.1. The summed E-state index contributed by atoms with van der Waals surface area (Å²) in [5, 5.41) is 12.9. The lowest BCUT2D eigenvalue weighted by molar-refractivity contribution is 0.215. The highest BCUT2D eigenvalue weighted by Crippen LogP contribution is 2.17. The predicted molar refractivity (Wildman–Crippen MR) is 79.3 cm³/mol. The molecule has 108 valence electrons. The molecule has 5 nitrogen and oxygen atoms in total. The van der Waals surface area contributed by atoms with Crippen molar-refractivity contribution in [2.24, 2.45) is 0 Å². The van der Waals surface area contributed by atoms with Crippen LogP contribution in [0.3, 0.4) is 0 Å². The van der Waals surface area contributed by atoms with Gasteiger partial charge in [-0.1, -0.05) is 36.5 Å². The smallest absolute Gasteiger partial charge is 0.294 e. The number of benzene rings is 1. The fourth-order valence-corrected chi connectivity index (χ4v) is 2.23. The van der Waals surface area contributed by atoms with Crippen LogP contribution in [-0.2, 0) is 6.54 Å². The number of hydrogen-bond donors (Lipinski definition) is 1. The van der Waals surface area contributed by atoms with E-state index < -0.39 is 0 Å². The van der Waals surface area contributed by atoms with Gasteiger partial charge in [0, 0.05) is 6.54 Å². The molecule has 2 aromatic rings. The van der Waals surface area contributed by atoms with Gasteiger partial charge in [-0.15, -0.1) is 10.2 Å². The standard InChI is InChI=1S/C14H19N3O2S/c1-2-8-15-11-13-16-17-14(20-13)19-10-9-18-12-6-4-3-5-7-12/h3-7,15H,2,8-11H2,1H3. The van der Waals surface area contributed by atoms with Crippen LogP contribution in [0, 0.1) is 0 Å². The van der Waals surface area contributed by atoms with E-state index in [-0.39, 0.29) is 0 Å².